The summed E-state index contributed by atoms with van der Waals surface area (Å²) in [4.78, 5) is 59.1. The van der Waals surface area contributed by atoms with Crippen LogP contribution in [0.5, 0.6) is 0 Å². The van der Waals surface area contributed by atoms with Gasteiger partial charge in [-0.05, 0) is 179 Å². The molecule has 4 heterocycles. The molecule has 12 rings (SSSR count). The summed E-state index contributed by atoms with van der Waals surface area (Å²) in [5, 5.41) is 37.1. The molecule has 116 heavy (non-hydrogen) atoms. The number of pyridine rings is 4. The van der Waals surface area contributed by atoms with Crippen LogP contribution in [-0.2, 0) is 119 Å². The summed E-state index contributed by atoms with van der Waals surface area (Å²) in [5.41, 5.74) is 26.4. The van der Waals surface area contributed by atoms with Gasteiger partial charge in [0.05, 0.1) is 39.6 Å². The number of aromatic nitrogens is 4. The molecule has 0 fully saturated rings. The number of nitrogens with zero attached hydrogens (tertiary/aromatic N) is 4. The second-order valence-electron chi connectivity index (χ2n) is 29.0. The van der Waals surface area contributed by atoms with Crippen molar-refractivity contribution in [2.75, 3.05) is 0 Å². The molecule has 0 aliphatic heterocycles. The number of carbonyl (C=O) groups is 4. The van der Waals surface area contributed by atoms with Gasteiger partial charge in [0.1, 0.15) is 0 Å². The fourth-order valence-corrected chi connectivity index (χ4v) is 12.1. The van der Waals surface area contributed by atoms with E-state index in [0.29, 0.717) is 11.8 Å². The number of hydrogen-bond acceptors (Lipinski definition) is 12. The molecule has 0 saturated heterocycles. The van der Waals surface area contributed by atoms with Crippen molar-refractivity contribution in [1.82, 2.24) is 19.9 Å². The van der Waals surface area contributed by atoms with Crippen LogP contribution in [-0.4, -0.2) is 63.5 Å². The molecule has 0 atom stereocenters. The maximum atomic E-state index is 10.0. The van der Waals surface area contributed by atoms with E-state index in [1.165, 1.54) is 146 Å². The number of ketones is 4. The van der Waals surface area contributed by atoms with Gasteiger partial charge in [-0.15, -0.1) is 141 Å². The topological polar surface area (TPSA) is 201 Å². The summed E-state index contributed by atoms with van der Waals surface area (Å²) in [6.07, 6.45) is 11.0. The number of rotatable bonds is 15. The number of aliphatic hydroxyl groups excluding tert-OH is 4. The second-order valence-corrected chi connectivity index (χ2v) is 29.0. The summed E-state index contributed by atoms with van der Waals surface area (Å²) >= 11 is 0. The normalized spacial score (nSPS) is 10.7. The number of hydrogen-bond donors (Lipinski definition) is 4. The molecule has 4 N–H and O–H groups in total. The molecule has 0 saturated carbocycles. The first-order valence-electron chi connectivity index (χ1n) is 37.8. The van der Waals surface area contributed by atoms with Gasteiger partial charge in [-0.2, -0.15) is 0 Å². The van der Waals surface area contributed by atoms with E-state index in [1.54, 1.807) is 0 Å². The van der Waals surface area contributed by atoms with E-state index in [4.69, 9.17) is 35.4 Å². The van der Waals surface area contributed by atoms with Gasteiger partial charge in [0.2, 0.25) is 0 Å². The van der Waals surface area contributed by atoms with Crippen LogP contribution in [0.15, 0.2) is 242 Å². The quantitative estimate of drug-likeness (QED) is 0.0431. The number of aryl methyl sites for hydroxylation is 8. The van der Waals surface area contributed by atoms with E-state index in [1.807, 2.05) is 36.5 Å². The van der Waals surface area contributed by atoms with Crippen LogP contribution in [0.3, 0.4) is 0 Å². The van der Waals surface area contributed by atoms with Crippen molar-refractivity contribution in [2.24, 2.45) is 11.8 Å². The van der Waals surface area contributed by atoms with Gasteiger partial charge in [0.25, 0.3) is 0 Å². The molecular weight excluding hydrogens is 2150 g/mol. The number of allylic oxidation sites excluding steroid dienone is 8. The van der Waals surface area contributed by atoms with Crippen molar-refractivity contribution in [1.29, 1.82) is 0 Å². The van der Waals surface area contributed by atoms with E-state index in [9.17, 15) is 19.2 Å². The number of aliphatic hydroxyl groups is 4. The molecule has 12 aromatic rings. The maximum Gasteiger partial charge on any atom is 0.155 e. The number of benzene rings is 8. The molecule has 4 radical (unpaired) electrons. The Hall–Kier alpha value is -9.42. The van der Waals surface area contributed by atoms with Crippen LogP contribution >= 0.6 is 0 Å². The summed E-state index contributed by atoms with van der Waals surface area (Å²) in [6.45, 7) is 37.3. The zero-order chi connectivity index (χ0) is 82.7. The zero-order valence-electron chi connectivity index (χ0n) is 70.3. The summed E-state index contributed by atoms with van der Waals surface area (Å²) in [7, 11) is 0. The van der Waals surface area contributed by atoms with Gasteiger partial charge in [0, 0.05) is 116 Å². The molecule has 618 valence electrons. The predicted octanol–water partition coefficient (Wildman–Crippen LogP) is 25.0. The fraction of sp³-hybridized carbons (Fsp3) is 0.260. The van der Waals surface area contributed by atoms with Crippen LogP contribution in [0.1, 0.15) is 152 Å². The average Bonchev–Trinajstić information content (AvgIpc) is 0.810. The fourth-order valence-electron chi connectivity index (χ4n) is 12.1. The largest absolute Gasteiger partial charge is 0.512 e. The van der Waals surface area contributed by atoms with Crippen molar-refractivity contribution in [3.63, 3.8) is 0 Å². The van der Waals surface area contributed by atoms with E-state index >= 15 is 0 Å². The van der Waals surface area contributed by atoms with Crippen molar-refractivity contribution in [2.45, 2.75) is 164 Å². The van der Waals surface area contributed by atoms with Crippen LogP contribution in [0.4, 0.5) is 0 Å². The molecule has 16 heteroatoms. The molecule has 0 aliphatic rings. The molecule has 8 aromatic carbocycles. The monoisotopic (exact) mass is 2270 g/mol. The number of carbonyl (C=O) groups excluding carboxylic acids is 4. The van der Waals surface area contributed by atoms with Gasteiger partial charge >= 0.3 is 0 Å². The molecule has 0 amide bonds. The van der Waals surface area contributed by atoms with Crippen molar-refractivity contribution < 1.29 is 120 Å². The van der Waals surface area contributed by atoms with E-state index < -0.39 is 0 Å². The molecule has 0 aliphatic carbocycles. The molecule has 0 unspecified atom stereocenters. The second kappa shape index (κ2) is 53.7. The first kappa shape index (κ1) is 105. The first-order chi connectivity index (χ1) is 53.0. The van der Waals surface area contributed by atoms with Crippen LogP contribution in [0.25, 0.3) is 88.9 Å². The van der Waals surface area contributed by atoms with Crippen molar-refractivity contribution in [3.8, 4) is 56.2 Å². The smallest absolute Gasteiger partial charge is 0.155 e. The summed E-state index contributed by atoms with van der Waals surface area (Å²) in [5.74, 6) is 1.06. The standard InChI is InChI=1S/2C21H22N.C20H20N.C18H14N.4C5H8O2.4Ir/c1-14(2)9-17-5-6-18-7-8-20(22-21(18)13-17)19-11-15(3)10-16(4)12-19;1-14(2)10-17-6-5-7-21-19(17)8-9-20(22-21)18-12-15(3)11-16(4)13-18;1-4-5-16-6-7-17-8-9-19(21-20(17)13-16)18-11-14(2)10-15(3)12-18;1-14-6-5-9-16(12-14)17-10-11-19-18(13-17)15-7-3-2-4-8-15;4*1-4(6)3-5(2)7;;;;/h5-8,10-11,13-14H,9H2,1-4H3;5-9,11-12,14H,10H2,1-4H3;6-11,13H,4-5H2,1-3H3;2-7,9-13H,1H3;4*3,6H,1-2H3;;;;/q4*-1;;;;;;;;. The van der Waals surface area contributed by atoms with Gasteiger partial charge in [-0.1, -0.05) is 191 Å². The Kier molecular flexibility index (Phi) is 48.5. The third kappa shape index (κ3) is 39.5. The summed E-state index contributed by atoms with van der Waals surface area (Å²) < 4.78 is 0. The predicted molar refractivity (Wildman–Crippen MR) is 464 cm³/mol. The molecular formula is C100H110Ir4N4O8-4. The minimum atomic E-state index is -0.125. The first-order valence-corrected chi connectivity index (χ1v) is 37.8. The molecule has 0 spiro atoms. The minimum Gasteiger partial charge on any atom is -0.512 e. The van der Waals surface area contributed by atoms with Crippen molar-refractivity contribution >= 4 is 55.8 Å². The Morgan fingerprint density at radius 2 is 0.784 bits per heavy atom. The minimum absolute atomic E-state index is 0. The van der Waals surface area contributed by atoms with Gasteiger partial charge in [-0.3, -0.25) is 34.1 Å². The van der Waals surface area contributed by atoms with Gasteiger partial charge in [0.15, 0.2) is 23.1 Å². The SMILES string of the molecule is CC(=O)C=C(C)O.CC(=O)C=C(C)O.CC(=O)C=C(C)O.CC(=O)C=C(C)O.CCCc1ccc2ccc(-c3[c-]c(C)cc(C)c3)nc2c1.Cc1[c-]c(-c2ccc3c(CC(C)C)cccc3n2)cc(C)c1.Cc1[c-]c(-c2ccc3ccc(CC(C)C)cc3n2)cc(C)c1.Cc1cccc(-c2ccnc(-c3[c-]cccc3)c2)c1.[Ir].[Ir].[Ir].[Ir]. The Morgan fingerprint density at radius 3 is 1.17 bits per heavy atom. The van der Waals surface area contributed by atoms with Gasteiger partial charge < -0.3 is 25.4 Å². The number of fused-ring (bicyclic) bond motifs is 3. The third-order valence-electron chi connectivity index (χ3n) is 16.2. The third-order valence-corrected chi connectivity index (χ3v) is 16.2. The van der Waals surface area contributed by atoms with Crippen molar-refractivity contribution in [3.05, 3.63) is 321 Å². The Bertz CT molecular complexity index is 5050. The Morgan fingerprint density at radius 1 is 0.379 bits per heavy atom. The molecule has 0 bridgehead atoms. The Balaban J connectivity index is 0.000000690. The zero-order valence-corrected chi connectivity index (χ0v) is 79.9. The van der Waals surface area contributed by atoms with Gasteiger partial charge in [-0.25, -0.2) is 0 Å². The van der Waals surface area contributed by atoms with E-state index in [2.05, 4.69) is 270 Å². The maximum absolute atomic E-state index is 10.0. The average molecular weight is 2260 g/mol. The molecule has 4 aromatic heterocycles. The Labute approximate surface area is 743 Å². The molecule has 12 nitrogen and oxygen atoms in total. The summed E-state index contributed by atoms with van der Waals surface area (Å²) in [6, 6.07) is 79.4. The van der Waals surface area contributed by atoms with E-state index in [-0.39, 0.29) is 127 Å². The van der Waals surface area contributed by atoms with Crippen LogP contribution < -0.4 is 0 Å². The van der Waals surface area contributed by atoms with Crippen LogP contribution in [0.2, 0.25) is 0 Å². The van der Waals surface area contributed by atoms with Crippen LogP contribution in [0, 0.1) is 84.6 Å². The van der Waals surface area contributed by atoms with E-state index in [0.717, 1.165) is 104 Å².